The van der Waals surface area contributed by atoms with E-state index in [1.54, 1.807) is 28.2 Å². The van der Waals surface area contributed by atoms with Crippen LogP contribution in [0, 0.1) is 10.1 Å². The van der Waals surface area contributed by atoms with Gasteiger partial charge < -0.3 is 0 Å². The molecular weight excluding hydrogens is 434 g/mol. The highest BCUT2D eigenvalue weighted by atomic mass is 35.5. The molecule has 154 valence electrons. The van der Waals surface area contributed by atoms with Crippen LogP contribution in [0.3, 0.4) is 0 Å². The van der Waals surface area contributed by atoms with Crippen molar-refractivity contribution < 1.29 is 4.92 Å². The lowest BCUT2D eigenvalue weighted by molar-refractivity contribution is -0.384. The van der Waals surface area contributed by atoms with Crippen LogP contribution in [0.4, 0.5) is 5.69 Å². The Bertz CT molecular complexity index is 1300. The van der Waals surface area contributed by atoms with Crippen molar-refractivity contribution >= 4 is 39.2 Å². The summed E-state index contributed by atoms with van der Waals surface area (Å²) < 4.78 is 1.71. The second kappa shape index (κ2) is 8.05. The van der Waals surface area contributed by atoms with Crippen molar-refractivity contribution in [2.75, 3.05) is 0 Å². The van der Waals surface area contributed by atoms with Crippen molar-refractivity contribution in [1.82, 2.24) is 20.0 Å². The van der Waals surface area contributed by atoms with Crippen LogP contribution in [0.1, 0.15) is 28.9 Å². The molecule has 0 unspecified atom stereocenters. The van der Waals surface area contributed by atoms with Gasteiger partial charge in [-0.15, -0.1) is 16.4 Å². The number of pyridine rings is 1. The molecule has 4 aromatic rings. The van der Waals surface area contributed by atoms with Crippen LogP contribution in [-0.4, -0.2) is 24.9 Å². The van der Waals surface area contributed by atoms with Crippen molar-refractivity contribution in [1.29, 1.82) is 0 Å². The van der Waals surface area contributed by atoms with E-state index in [1.165, 1.54) is 12.1 Å². The van der Waals surface area contributed by atoms with Gasteiger partial charge in [-0.25, -0.2) is 4.68 Å². The highest BCUT2D eigenvalue weighted by molar-refractivity contribution is 7.13. The van der Waals surface area contributed by atoms with Crippen LogP contribution in [0.5, 0.6) is 0 Å². The summed E-state index contributed by atoms with van der Waals surface area (Å²) in [6.45, 7) is 0.470. The topological polar surface area (TPSA) is 86.7 Å². The normalized spacial score (nSPS) is 13.3. The van der Waals surface area contributed by atoms with Gasteiger partial charge in [0.2, 0.25) is 0 Å². The minimum atomic E-state index is -0.412. The van der Waals surface area contributed by atoms with E-state index in [2.05, 4.69) is 16.4 Å². The Hall–Kier alpha value is -3.36. The lowest BCUT2D eigenvalue weighted by Gasteiger charge is -2.18. The van der Waals surface area contributed by atoms with E-state index in [0.29, 0.717) is 11.6 Å². The highest BCUT2D eigenvalue weighted by Gasteiger charge is 2.22. The Morgan fingerprint density at radius 1 is 1.10 bits per heavy atom. The molecule has 3 aromatic heterocycles. The first-order valence-electron chi connectivity index (χ1n) is 9.65. The smallest absolute Gasteiger partial charge is 0.258 e. The van der Waals surface area contributed by atoms with Crippen molar-refractivity contribution in [3.05, 3.63) is 92.7 Å². The van der Waals surface area contributed by atoms with Crippen molar-refractivity contribution in [3.63, 3.8) is 0 Å². The molecule has 0 fully saturated rings. The molecule has 1 aliphatic carbocycles. The number of benzene rings is 1. The molecule has 0 spiro atoms. The van der Waals surface area contributed by atoms with Crippen LogP contribution < -0.4 is 0 Å². The number of rotatable bonds is 5. The Balaban J connectivity index is 1.39. The van der Waals surface area contributed by atoms with Crippen LogP contribution in [-0.2, 0) is 13.0 Å². The number of hydrogen-bond donors (Lipinski definition) is 0. The maximum atomic E-state index is 10.8. The first-order chi connectivity index (χ1) is 15.1. The van der Waals surface area contributed by atoms with Gasteiger partial charge in [0.15, 0.2) is 0 Å². The third-order valence-electron chi connectivity index (χ3n) is 5.20. The molecular formula is C22H16ClN5O2S. The molecule has 0 atom stereocenters. The number of nitrogens with zero attached hydrogens (tertiary/aromatic N) is 5. The molecule has 0 aliphatic heterocycles. The zero-order chi connectivity index (χ0) is 21.4. The van der Waals surface area contributed by atoms with Crippen molar-refractivity contribution in [3.8, 4) is 10.6 Å². The van der Waals surface area contributed by atoms with E-state index in [1.807, 2.05) is 29.8 Å². The second-order valence-corrected chi connectivity index (χ2v) is 8.51. The van der Waals surface area contributed by atoms with E-state index >= 15 is 0 Å². The minimum Gasteiger partial charge on any atom is -0.258 e. The predicted octanol–water partition coefficient (Wildman–Crippen LogP) is 5.41. The molecule has 5 rings (SSSR count). The maximum Gasteiger partial charge on any atom is 0.269 e. The fourth-order valence-electron chi connectivity index (χ4n) is 3.63. The highest BCUT2D eigenvalue weighted by Crippen LogP contribution is 2.39. The van der Waals surface area contributed by atoms with Gasteiger partial charge in [-0.1, -0.05) is 35.0 Å². The average molecular weight is 450 g/mol. The van der Waals surface area contributed by atoms with Crippen LogP contribution >= 0.6 is 22.9 Å². The number of allylic oxidation sites excluding steroid dienone is 1. The van der Waals surface area contributed by atoms with E-state index in [-0.39, 0.29) is 5.69 Å². The zero-order valence-corrected chi connectivity index (χ0v) is 17.8. The molecule has 0 saturated carbocycles. The summed E-state index contributed by atoms with van der Waals surface area (Å²) in [7, 11) is 0. The summed E-state index contributed by atoms with van der Waals surface area (Å²) in [5.74, 6) is 0. The molecule has 7 nitrogen and oxygen atoms in total. The molecule has 1 aromatic carbocycles. The van der Waals surface area contributed by atoms with E-state index in [9.17, 15) is 10.1 Å². The standard InChI is InChI=1S/C22H16ClN5O2S/c23-22-16-8-10-19(21-2-1-11-31-21)24-18(16)9-7-17(22)20-13-27(26-25-20)12-14-3-5-15(6-4-14)28(29)30/h1-6,8,10-11,13H,7,9,12H2. The predicted molar refractivity (Wildman–Crippen MR) is 121 cm³/mol. The van der Waals surface area contributed by atoms with Gasteiger partial charge in [0, 0.05) is 23.3 Å². The first kappa shape index (κ1) is 19.6. The van der Waals surface area contributed by atoms with Crippen LogP contribution in [0.2, 0.25) is 0 Å². The van der Waals surface area contributed by atoms with Crippen LogP contribution in [0.15, 0.2) is 60.1 Å². The lowest BCUT2D eigenvalue weighted by atomic mass is 9.94. The third-order valence-corrected chi connectivity index (χ3v) is 6.52. The summed E-state index contributed by atoms with van der Waals surface area (Å²) in [6.07, 6.45) is 3.38. The molecule has 0 amide bonds. The summed E-state index contributed by atoms with van der Waals surface area (Å²) >= 11 is 8.41. The SMILES string of the molecule is O=[N+]([O-])c1ccc(Cn2cc(C3=C(Cl)c4ccc(-c5cccs5)nc4CC3)nn2)cc1. The van der Waals surface area contributed by atoms with Crippen molar-refractivity contribution in [2.45, 2.75) is 19.4 Å². The molecule has 0 N–H and O–H groups in total. The van der Waals surface area contributed by atoms with E-state index in [0.717, 1.165) is 51.5 Å². The Kier molecular flexibility index (Phi) is 5.09. The number of halogens is 1. The molecule has 31 heavy (non-hydrogen) atoms. The fraction of sp³-hybridized carbons (Fsp3) is 0.136. The van der Waals surface area contributed by atoms with Crippen molar-refractivity contribution in [2.24, 2.45) is 0 Å². The van der Waals surface area contributed by atoms with Gasteiger partial charge in [0.1, 0.15) is 5.69 Å². The number of aromatic nitrogens is 4. The van der Waals surface area contributed by atoms with Gasteiger partial charge in [-0.2, -0.15) is 0 Å². The maximum absolute atomic E-state index is 10.8. The zero-order valence-electron chi connectivity index (χ0n) is 16.2. The molecule has 0 radical (unpaired) electrons. The van der Waals surface area contributed by atoms with Gasteiger partial charge in [0.05, 0.1) is 39.0 Å². The second-order valence-electron chi connectivity index (χ2n) is 7.19. The number of thiophene rings is 1. The summed E-state index contributed by atoms with van der Waals surface area (Å²) in [5, 5.41) is 22.0. The summed E-state index contributed by atoms with van der Waals surface area (Å²) in [4.78, 5) is 16.3. The monoisotopic (exact) mass is 449 g/mol. The van der Waals surface area contributed by atoms with Gasteiger partial charge in [-0.05, 0) is 42.0 Å². The van der Waals surface area contributed by atoms with E-state index in [4.69, 9.17) is 16.6 Å². The number of hydrogen-bond acceptors (Lipinski definition) is 6. The van der Waals surface area contributed by atoms with E-state index < -0.39 is 4.92 Å². The molecule has 3 heterocycles. The Morgan fingerprint density at radius 2 is 1.94 bits per heavy atom. The number of nitro groups is 1. The average Bonchev–Trinajstić information content (AvgIpc) is 3.47. The summed E-state index contributed by atoms with van der Waals surface area (Å²) in [6, 6.07) is 14.5. The molecule has 9 heteroatoms. The first-order valence-corrected chi connectivity index (χ1v) is 10.9. The number of nitro benzene ring substituents is 1. The quantitative estimate of drug-likeness (QED) is 0.300. The number of aryl methyl sites for hydroxylation is 1. The number of fused-ring (bicyclic) bond motifs is 1. The minimum absolute atomic E-state index is 0.0664. The molecule has 0 saturated heterocycles. The molecule has 1 aliphatic rings. The Labute approximate surface area is 186 Å². The fourth-order valence-corrected chi connectivity index (χ4v) is 4.69. The Morgan fingerprint density at radius 3 is 2.68 bits per heavy atom. The van der Waals surface area contributed by atoms with Gasteiger partial charge in [0.25, 0.3) is 5.69 Å². The molecule has 0 bridgehead atoms. The van der Waals surface area contributed by atoms with Crippen LogP contribution in [0.25, 0.3) is 21.2 Å². The summed E-state index contributed by atoms with van der Waals surface area (Å²) in [5.41, 5.74) is 5.56. The third kappa shape index (κ3) is 3.87. The van der Waals surface area contributed by atoms with Gasteiger partial charge >= 0.3 is 0 Å². The lowest BCUT2D eigenvalue weighted by Crippen LogP contribution is -2.05. The van der Waals surface area contributed by atoms with Gasteiger partial charge in [-0.3, -0.25) is 15.1 Å². The largest absolute Gasteiger partial charge is 0.269 e. The number of non-ortho nitro benzene ring substituents is 1.